The monoisotopic (exact) mass is 260 g/mol. The maximum atomic E-state index is 11.9. The average molecular weight is 260 g/mol. The van der Waals surface area contributed by atoms with Crippen LogP contribution in [0.25, 0.3) is 0 Å². The predicted molar refractivity (Wildman–Crippen MR) is 75.7 cm³/mol. The van der Waals surface area contributed by atoms with Crippen LogP contribution >= 0.6 is 11.3 Å². The first-order valence-electron chi connectivity index (χ1n) is 5.89. The molecule has 1 aromatic heterocycles. The molecule has 0 radical (unpaired) electrons. The van der Waals surface area contributed by atoms with Crippen molar-refractivity contribution in [2.75, 3.05) is 5.73 Å². The van der Waals surface area contributed by atoms with Crippen molar-refractivity contribution >= 4 is 22.9 Å². The van der Waals surface area contributed by atoms with Crippen LogP contribution in [0, 0.1) is 0 Å². The molecule has 0 spiro atoms. The van der Waals surface area contributed by atoms with Gasteiger partial charge in [0, 0.05) is 16.1 Å². The van der Waals surface area contributed by atoms with Gasteiger partial charge in [0.25, 0.3) is 5.91 Å². The molecular formula is C14H16N2OS. The van der Waals surface area contributed by atoms with Crippen molar-refractivity contribution < 1.29 is 4.79 Å². The van der Waals surface area contributed by atoms with E-state index in [2.05, 4.69) is 23.7 Å². The maximum Gasteiger partial charge on any atom is 0.251 e. The molecule has 0 unspecified atom stereocenters. The molecule has 4 heteroatoms. The summed E-state index contributed by atoms with van der Waals surface area (Å²) in [4.78, 5) is 13.1. The number of nitrogens with two attached hydrogens (primary N) is 1. The van der Waals surface area contributed by atoms with Crippen molar-refractivity contribution in [2.24, 2.45) is 0 Å². The average Bonchev–Trinajstić information content (AvgIpc) is 2.83. The van der Waals surface area contributed by atoms with Gasteiger partial charge in [-0.2, -0.15) is 0 Å². The molecule has 0 bridgehead atoms. The van der Waals surface area contributed by atoms with Gasteiger partial charge in [0.2, 0.25) is 0 Å². The quantitative estimate of drug-likeness (QED) is 0.831. The van der Waals surface area contributed by atoms with Gasteiger partial charge in [-0.3, -0.25) is 4.79 Å². The van der Waals surface area contributed by atoms with Crippen LogP contribution in [-0.4, -0.2) is 5.91 Å². The number of rotatable bonds is 4. The van der Waals surface area contributed by atoms with Crippen molar-refractivity contribution in [2.45, 2.75) is 19.9 Å². The third-order valence-electron chi connectivity index (χ3n) is 2.78. The zero-order valence-electron chi connectivity index (χ0n) is 10.3. The van der Waals surface area contributed by atoms with Gasteiger partial charge >= 0.3 is 0 Å². The van der Waals surface area contributed by atoms with Crippen molar-refractivity contribution in [3.05, 3.63) is 51.7 Å². The summed E-state index contributed by atoms with van der Waals surface area (Å²) in [5, 5.41) is 4.98. The minimum atomic E-state index is -0.0854. The highest BCUT2D eigenvalue weighted by Crippen LogP contribution is 2.17. The van der Waals surface area contributed by atoms with Crippen molar-refractivity contribution in [3.8, 4) is 0 Å². The molecule has 0 aliphatic carbocycles. The summed E-state index contributed by atoms with van der Waals surface area (Å²) in [5.41, 5.74) is 8.16. The number of thiophene rings is 1. The molecule has 1 heterocycles. The summed E-state index contributed by atoms with van der Waals surface area (Å²) in [6.45, 7) is 2.69. The van der Waals surface area contributed by atoms with Crippen LogP contribution in [0.3, 0.4) is 0 Å². The number of carbonyl (C=O) groups excluding carboxylic acids is 1. The number of aryl methyl sites for hydroxylation is 1. The van der Waals surface area contributed by atoms with Gasteiger partial charge in [-0.05, 0) is 41.6 Å². The van der Waals surface area contributed by atoms with Crippen LogP contribution < -0.4 is 11.1 Å². The molecule has 18 heavy (non-hydrogen) atoms. The van der Waals surface area contributed by atoms with Gasteiger partial charge in [0.15, 0.2) is 0 Å². The van der Waals surface area contributed by atoms with E-state index < -0.39 is 0 Å². The second-order valence-electron chi connectivity index (χ2n) is 4.03. The molecule has 94 valence electrons. The first-order valence-corrected chi connectivity index (χ1v) is 6.77. The number of benzene rings is 1. The lowest BCUT2D eigenvalue weighted by molar-refractivity contribution is 0.0951. The largest absolute Gasteiger partial charge is 0.399 e. The Morgan fingerprint density at radius 1 is 1.39 bits per heavy atom. The van der Waals surface area contributed by atoms with E-state index in [0.29, 0.717) is 17.8 Å². The topological polar surface area (TPSA) is 55.1 Å². The number of amides is 1. The van der Waals surface area contributed by atoms with E-state index >= 15 is 0 Å². The zero-order chi connectivity index (χ0) is 13.0. The number of hydrogen-bond donors (Lipinski definition) is 2. The Hall–Kier alpha value is -1.81. The molecule has 0 aliphatic rings. The van der Waals surface area contributed by atoms with Gasteiger partial charge in [0.05, 0.1) is 6.54 Å². The first kappa shape index (κ1) is 12.6. The van der Waals surface area contributed by atoms with E-state index in [0.717, 1.165) is 6.42 Å². The minimum absolute atomic E-state index is 0.0854. The summed E-state index contributed by atoms with van der Waals surface area (Å²) >= 11 is 1.68. The van der Waals surface area contributed by atoms with Crippen molar-refractivity contribution in [3.63, 3.8) is 0 Å². The highest BCUT2D eigenvalue weighted by Gasteiger charge is 2.07. The van der Waals surface area contributed by atoms with Crippen LogP contribution in [0.15, 0.2) is 35.7 Å². The Balaban J connectivity index is 2.00. The number of hydrogen-bond acceptors (Lipinski definition) is 3. The summed E-state index contributed by atoms with van der Waals surface area (Å²) in [6, 6.07) is 9.11. The fourth-order valence-electron chi connectivity index (χ4n) is 1.78. The van der Waals surface area contributed by atoms with E-state index in [-0.39, 0.29) is 5.91 Å². The van der Waals surface area contributed by atoms with Gasteiger partial charge in [-0.1, -0.05) is 13.0 Å². The van der Waals surface area contributed by atoms with Gasteiger partial charge in [-0.25, -0.2) is 0 Å². The number of nitrogen functional groups attached to an aromatic ring is 1. The van der Waals surface area contributed by atoms with Crippen LogP contribution in [0.4, 0.5) is 5.69 Å². The highest BCUT2D eigenvalue weighted by atomic mass is 32.1. The fourth-order valence-corrected chi connectivity index (χ4v) is 2.70. The predicted octanol–water partition coefficient (Wildman–Crippen LogP) is 2.82. The van der Waals surface area contributed by atoms with E-state index in [1.807, 2.05) is 0 Å². The molecule has 0 atom stereocenters. The van der Waals surface area contributed by atoms with Gasteiger partial charge < -0.3 is 11.1 Å². The SMILES string of the molecule is CCc1ccsc1CNC(=O)c1cccc(N)c1. The molecule has 2 rings (SSSR count). The summed E-state index contributed by atoms with van der Waals surface area (Å²) in [5.74, 6) is -0.0854. The molecule has 0 saturated carbocycles. The zero-order valence-corrected chi connectivity index (χ0v) is 11.1. The Labute approximate surface area is 111 Å². The minimum Gasteiger partial charge on any atom is -0.399 e. The lowest BCUT2D eigenvalue weighted by Crippen LogP contribution is -2.22. The lowest BCUT2D eigenvalue weighted by Gasteiger charge is -2.06. The Kier molecular flexibility index (Phi) is 3.99. The van der Waals surface area contributed by atoms with E-state index in [1.165, 1.54) is 10.4 Å². The Morgan fingerprint density at radius 3 is 2.94 bits per heavy atom. The molecule has 3 N–H and O–H groups in total. The molecule has 3 nitrogen and oxygen atoms in total. The molecule has 0 saturated heterocycles. The van der Waals surface area contributed by atoms with E-state index in [9.17, 15) is 4.79 Å². The molecule has 0 fully saturated rings. The Bertz CT molecular complexity index is 548. The second-order valence-corrected chi connectivity index (χ2v) is 5.03. The summed E-state index contributed by atoms with van der Waals surface area (Å²) in [7, 11) is 0. The number of carbonyl (C=O) groups is 1. The second kappa shape index (κ2) is 5.69. The molecular weight excluding hydrogens is 244 g/mol. The number of nitrogens with one attached hydrogen (secondary N) is 1. The van der Waals surface area contributed by atoms with Crippen molar-refractivity contribution in [1.82, 2.24) is 5.32 Å². The molecule has 1 amide bonds. The molecule has 2 aromatic rings. The Morgan fingerprint density at radius 2 is 2.22 bits per heavy atom. The highest BCUT2D eigenvalue weighted by molar-refractivity contribution is 7.10. The van der Waals surface area contributed by atoms with Crippen LogP contribution in [0.1, 0.15) is 27.7 Å². The third-order valence-corrected chi connectivity index (χ3v) is 3.74. The van der Waals surface area contributed by atoms with Crippen molar-refractivity contribution in [1.29, 1.82) is 0 Å². The summed E-state index contributed by atoms with van der Waals surface area (Å²) < 4.78 is 0. The molecule has 0 aliphatic heterocycles. The normalized spacial score (nSPS) is 10.3. The fraction of sp³-hybridized carbons (Fsp3) is 0.214. The third kappa shape index (κ3) is 2.90. The van der Waals surface area contributed by atoms with E-state index in [1.54, 1.807) is 35.6 Å². The lowest BCUT2D eigenvalue weighted by atomic mass is 10.2. The van der Waals surface area contributed by atoms with E-state index in [4.69, 9.17) is 5.73 Å². The smallest absolute Gasteiger partial charge is 0.251 e. The van der Waals surface area contributed by atoms with Crippen LogP contribution in [0.5, 0.6) is 0 Å². The number of anilines is 1. The summed E-state index contributed by atoms with van der Waals surface area (Å²) in [6.07, 6.45) is 0.993. The van der Waals surface area contributed by atoms with Gasteiger partial charge in [-0.15, -0.1) is 11.3 Å². The van der Waals surface area contributed by atoms with Gasteiger partial charge in [0.1, 0.15) is 0 Å². The standard InChI is InChI=1S/C14H16N2OS/c1-2-10-6-7-18-13(10)9-16-14(17)11-4-3-5-12(15)8-11/h3-8H,2,9,15H2,1H3,(H,16,17). The molecule has 1 aromatic carbocycles. The van der Waals surface area contributed by atoms with Crippen LogP contribution in [0.2, 0.25) is 0 Å². The first-order chi connectivity index (χ1) is 8.70. The maximum absolute atomic E-state index is 11.9. The van der Waals surface area contributed by atoms with Crippen LogP contribution in [-0.2, 0) is 13.0 Å².